The van der Waals surface area contributed by atoms with Gasteiger partial charge >= 0.3 is 5.97 Å². The Balaban J connectivity index is 3.18. The highest BCUT2D eigenvalue weighted by atomic mass is 16.5. The molecule has 3 heteroatoms. The quantitative estimate of drug-likeness (QED) is 0.630. The molecule has 0 saturated carbocycles. The zero-order valence-corrected chi connectivity index (χ0v) is 13.9. The Labute approximate surface area is 129 Å². The van der Waals surface area contributed by atoms with Crippen molar-refractivity contribution in [1.29, 1.82) is 0 Å². The first kappa shape index (κ1) is 17.5. The third-order valence-corrected chi connectivity index (χ3v) is 3.84. The topological polar surface area (TPSA) is 29.5 Å². The molecule has 0 aromatic heterocycles. The van der Waals surface area contributed by atoms with E-state index >= 15 is 0 Å². The molecule has 0 radical (unpaired) electrons. The van der Waals surface area contributed by atoms with Crippen molar-refractivity contribution in [2.75, 3.05) is 25.1 Å². The van der Waals surface area contributed by atoms with Crippen molar-refractivity contribution in [2.24, 2.45) is 0 Å². The molecule has 0 fully saturated rings. The molecule has 0 amide bonds. The molecule has 0 aliphatic heterocycles. The third kappa shape index (κ3) is 4.76. The molecule has 0 atom stereocenters. The van der Waals surface area contributed by atoms with Crippen molar-refractivity contribution < 1.29 is 9.53 Å². The number of rotatable bonds is 9. The highest BCUT2D eigenvalue weighted by molar-refractivity contribution is 5.93. The van der Waals surface area contributed by atoms with Gasteiger partial charge in [-0.3, -0.25) is 0 Å². The Hall–Kier alpha value is -1.51. The van der Waals surface area contributed by atoms with Crippen LogP contribution in [0.4, 0.5) is 5.69 Å². The first-order valence-electron chi connectivity index (χ1n) is 8.14. The summed E-state index contributed by atoms with van der Waals surface area (Å²) in [6, 6.07) is 5.98. The minimum Gasteiger partial charge on any atom is -0.465 e. The van der Waals surface area contributed by atoms with Crippen molar-refractivity contribution in [1.82, 2.24) is 0 Å². The zero-order chi connectivity index (χ0) is 15.7. The Morgan fingerprint density at radius 2 is 1.86 bits per heavy atom. The summed E-state index contributed by atoms with van der Waals surface area (Å²) in [5.41, 5.74) is 3.06. The van der Waals surface area contributed by atoms with Gasteiger partial charge in [0.1, 0.15) is 0 Å². The van der Waals surface area contributed by atoms with E-state index in [4.69, 9.17) is 4.74 Å². The molecule has 118 valence electrons. The Morgan fingerprint density at radius 1 is 1.14 bits per heavy atom. The summed E-state index contributed by atoms with van der Waals surface area (Å²) in [6.45, 7) is 8.55. The fourth-order valence-corrected chi connectivity index (χ4v) is 2.59. The lowest BCUT2D eigenvalue weighted by atomic mass is 9.98. The number of carbonyl (C=O) groups excluding carboxylic acids is 1. The van der Waals surface area contributed by atoms with Crippen LogP contribution in [-0.4, -0.2) is 26.2 Å². The summed E-state index contributed by atoms with van der Waals surface area (Å²) in [6.07, 6.45) is 5.49. The lowest BCUT2D eigenvalue weighted by Gasteiger charge is -2.27. The lowest BCUT2D eigenvalue weighted by Crippen LogP contribution is -2.26. The van der Waals surface area contributed by atoms with Crippen LogP contribution in [0.1, 0.15) is 62.4 Å². The second-order valence-corrected chi connectivity index (χ2v) is 5.33. The van der Waals surface area contributed by atoms with Gasteiger partial charge in [-0.05, 0) is 43.9 Å². The molecule has 1 rings (SSSR count). The molecule has 1 aromatic rings. The molecule has 0 spiro atoms. The van der Waals surface area contributed by atoms with Crippen molar-refractivity contribution in [3.05, 3.63) is 29.3 Å². The van der Waals surface area contributed by atoms with Crippen LogP contribution in [0.15, 0.2) is 18.2 Å². The molecule has 0 unspecified atom stereocenters. The van der Waals surface area contributed by atoms with E-state index in [2.05, 4.69) is 31.7 Å². The van der Waals surface area contributed by atoms with Crippen LogP contribution in [0.25, 0.3) is 0 Å². The van der Waals surface area contributed by atoms with Crippen LogP contribution in [0.2, 0.25) is 0 Å². The normalized spacial score (nSPS) is 10.5. The SMILES string of the molecule is CCCCc1c(C(=O)OC)cccc1N(CC)CCCC. The van der Waals surface area contributed by atoms with E-state index in [0.29, 0.717) is 0 Å². The number of esters is 1. The smallest absolute Gasteiger partial charge is 0.338 e. The van der Waals surface area contributed by atoms with Crippen LogP contribution in [0.5, 0.6) is 0 Å². The van der Waals surface area contributed by atoms with Gasteiger partial charge in [-0.25, -0.2) is 4.79 Å². The monoisotopic (exact) mass is 291 g/mol. The largest absolute Gasteiger partial charge is 0.465 e. The first-order chi connectivity index (χ1) is 10.2. The van der Waals surface area contributed by atoms with Gasteiger partial charge in [0.15, 0.2) is 0 Å². The van der Waals surface area contributed by atoms with Gasteiger partial charge in [-0.15, -0.1) is 0 Å². The maximum atomic E-state index is 12.0. The zero-order valence-electron chi connectivity index (χ0n) is 13.9. The van der Waals surface area contributed by atoms with E-state index in [0.717, 1.165) is 43.5 Å². The summed E-state index contributed by atoms with van der Waals surface area (Å²) >= 11 is 0. The van der Waals surface area contributed by atoms with Gasteiger partial charge in [-0.1, -0.05) is 32.8 Å². The van der Waals surface area contributed by atoms with Crippen molar-refractivity contribution in [2.45, 2.75) is 52.9 Å². The molecular formula is C18H29NO2. The van der Waals surface area contributed by atoms with Gasteiger partial charge < -0.3 is 9.64 Å². The second kappa shape index (κ2) is 9.43. The number of anilines is 1. The van der Waals surface area contributed by atoms with Gasteiger partial charge in [0, 0.05) is 18.8 Å². The molecule has 0 aliphatic carbocycles. The number of unbranched alkanes of at least 4 members (excludes halogenated alkanes) is 2. The Morgan fingerprint density at radius 3 is 2.43 bits per heavy atom. The average Bonchev–Trinajstić information content (AvgIpc) is 2.53. The maximum Gasteiger partial charge on any atom is 0.338 e. The molecule has 1 aromatic carbocycles. The minimum atomic E-state index is -0.227. The predicted octanol–water partition coefficient (Wildman–Crippen LogP) is 4.44. The fourth-order valence-electron chi connectivity index (χ4n) is 2.59. The summed E-state index contributed by atoms with van der Waals surface area (Å²) in [4.78, 5) is 14.4. The van der Waals surface area contributed by atoms with Crippen molar-refractivity contribution >= 4 is 11.7 Å². The fraction of sp³-hybridized carbons (Fsp3) is 0.611. The number of ether oxygens (including phenoxy) is 1. The van der Waals surface area contributed by atoms with E-state index in [1.54, 1.807) is 0 Å². The predicted molar refractivity (Wildman–Crippen MR) is 89.2 cm³/mol. The van der Waals surface area contributed by atoms with Crippen LogP contribution in [0, 0.1) is 0 Å². The van der Waals surface area contributed by atoms with E-state index < -0.39 is 0 Å². The number of hydrogen-bond donors (Lipinski definition) is 0. The van der Waals surface area contributed by atoms with E-state index in [1.807, 2.05) is 12.1 Å². The number of benzene rings is 1. The number of nitrogens with zero attached hydrogens (tertiary/aromatic N) is 1. The molecule has 0 heterocycles. The first-order valence-corrected chi connectivity index (χ1v) is 8.14. The lowest BCUT2D eigenvalue weighted by molar-refractivity contribution is 0.0599. The van der Waals surface area contributed by atoms with Crippen molar-refractivity contribution in [3.8, 4) is 0 Å². The van der Waals surface area contributed by atoms with E-state index in [1.165, 1.54) is 25.6 Å². The van der Waals surface area contributed by atoms with Gasteiger partial charge in [-0.2, -0.15) is 0 Å². The van der Waals surface area contributed by atoms with Gasteiger partial charge in [0.05, 0.1) is 12.7 Å². The Kier molecular flexibility index (Phi) is 7.88. The van der Waals surface area contributed by atoms with E-state index in [-0.39, 0.29) is 5.97 Å². The second-order valence-electron chi connectivity index (χ2n) is 5.33. The van der Waals surface area contributed by atoms with Gasteiger partial charge in [0.25, 0.3) is 0 Å². The summed E-state index contributed by atoms with van der Waals surface area (Å²) in [7, 11) is 1.45. The molecule has 0 bridgehead atoms. The van der Waals surface area contributed by atoms with Crippen molar-refractivity contribution in [3.63, 3.8) is 0 Å². The average molecular weight is 291 g/mol. The Bertz CT molecular complexity index is 443. The van der Waals surface area contributed by atoms with Gasteiger partial charge in [0.2, 0.25) is 0 Å². The third-order valence-electron chi connectivity index (χ3n) is 3.84. The maximum absolute atomic E-state index is 12.0. The van der Waals surface area contributed by atoms with Crippen LogP contribution < -0.4 is 4.90 Å². The highest BCUT2D eigenvalue weighted by Crippen LogP contribution is 2.27. The van der Waals surface area contributed by atoms with Crippen LogP contribution >= 0.6 is 0 Å². The molecule has 21 heavy (non-hydrogen) atoms. The standard InChI is InChI=1S/C18H29NO2/c1-5-8-11-15-16(18(20)21-4)12-10-13-17(15)19(7-3)14-9-6-2/h10,12-13H,5-9,11,14H2,1-4H3. The summed E-state index contributed by atoms with van der Waals surface area (Å²) in [5, 5.41) is 0. The number of hydrogen-bond acceptors (Lipinski definition) is 3. The molecule has 0 saturated heterocycles. The summed E-state index contributed by atoms with van der Waals surface area (Å²) in [5.74, 6) is -0.227. The van der Waals surface area contributed by atoms with Crippen LogP contribution in [0.3, 0.4) is 0 Å². The molecule has 0 N–H and O–H groups in total. The number of methoxy groups -OCH3 is 1. The molecule has 0 aliphatic rings. The van der Waals surface area contributed by atoms with Crippen LogP contribution in [-0.2, 0) is 11.2 Å². The van der Waals surface area contributed by atoms with E-state index in [9.17, 15) is 4.79 Å². The minimum absolute atomic E-state index is 0.227. The summed E-state index contributed by atoms with van der Waals surface area (Å²) < 4.78 is 4.95. The molecular weight excluding hydrogens is 262 g/mol. The molecule has 3 nitrogen and oxygen atoms in total. The highest BCUT2D eigenvalue weighted by Gasteiger charge is 2.17. The number of carbonyl (C=O) groups is 1.